The number of ketones is 1. The van der Waals surface area contributed by atoms with E-state index in [1.165, 1.54) is 0 Å². The molecule has 3 N–H and O–H groups in total. The molecule has 9 nitrogen and oxygen atoms in total. The number of rotatable bonds is 9. The number of pyridine rings is 2. The van der Waals surface area contributed by atoms with E-state index in [1.54, 1.807) is 24.3 Å². The van der Waals surface area contributed by atoms with Crippen molar-refractivity contribution in [1.29, 1.82) is 5.26 Å². The van der Waals surface area contributed by atoms with E-state index < -0.39 is 0 Å². The number of anilines is 1. The molecule has 0 aliphatic rings. The van der Waals surface area contributed by atoms with Gasteiger partial charge in [0.25, 0.3) is 0 Å². The number of ether oxygens (including phenoxy) is 2. The lowest BCUT2D eigenvalue weighted by Gasteiger charge is -2.07. The van der Waals surface area contributed by atoms with Crippen molar-refractivity contribution >= 4 is 43.5 Å². The van der Waals surface area contributed by atoms with Gasteiger partial charge in [-0.15, -0.1) is 0 Å². The Kier molecular flexibility index (Phi) is 10.8. The van der Waals surface area contributed by atoms with E-state index in [0.29, 0.717) is 35.3 Å². The molecule has 0 saturated carbocycles. The number of hydrogen-bond donors (Lipinski definition) is 2. The van der Waals surface area contributed by atoms with Gasteiger partial charge in [-0.25, -0.2) is 9.97 Å². The quantitative estimate of drug-likeness (QED) is 0.324. The predicted octanol–water partition coefficient (Wildman–Crippen LogP) is 5.33. The number of nitriles is 1. The maximum atomic E-state index is 11.4. The predicted molar refractivity (Wildman–Crippen MR) is 132 cm³/mol. The summed E-state index contributed by atoms with van der Waals surface area (Å²) in [6.45, 7) is 5.22. The number of carbonyl (C=O) groups excluding carboxylic acids is 1. The highest BCUT2D eigenvalue weighted by Gasteiger charge is 2.11. The first kappa shape index (κ1) is 26.3. The highest BCUT2D eigenvalue weighted by atomic mass is 79.9. The van der Waals surface area contributed by atoms with Gasteiger partial charge in [0.05, 0.1) is 39.6 Å². The normalized spacial score (nSPS) is 10.0. The molecule has 33 heavy (non-hydrogen) atoms. The van der Waals surface area contributed by atoms with E-state index in [9.17, 15) is 4.79 Å². The van der Waals surface area contributed by atoms with E-state index in [2.05, 4.69) is 52.0 Å². The maximum Gasteiger partial charge on any atom is 0.228 e. The number of Topliss-reactive ketones (excluding diaryl/α,β-unsaturated/α-hetero) is 1. The third-order valence-electron chi connectivity index (χ3n) is 3.91. The molecule has 174 valence electrons. The van der Waals surface area contributed by atoms with Crippen LogP contribution in [0.5, 0.6) is 11.8 Å². The minimum Gasteiger partial charge on any atom is -0.477 e. The van der Waals surface area contributed by atoms with Crippen LogP contribution >= 0.6 is 31.9 Å². The molecule has 3 rings (SSSR count). The molecule has 11 heteroatoms. The number of nitrogen functional groups attached to an aromatic ring is 1. The lowest BCUT2D eigenvalue weighted by molar-refractivity contribution is 0.0991. The summed E-state index contributed by atoms with van der Waals surface area (Å²) in [5.74, 6) is 1.13. The van der Waals surface area contributed by atoms with Gasteiger partial charge in [0, 0.05) is 6.07 Å². The van der Waals surface area contributed by atoms with Gasteiger partial charge in [0.2, 0.25) is 11.8 Å². The monoisotopic (exact) mass is 578 g/mol. The van der Waals surface area contributed by atoms with Crippen molar-refractivity contribution < 1.29 is 14.3 Å². The SMILES string of the molecule is CCCOc1nc(-c2cc(N)n[nH]2)ccc1Br.CCCOc1nc(C(=O)CC#N)ccc1Br. The highest BCUT2D eigenvalue weighted by Crippen LogP contribution is 2.27. The van der Waals surface area contributed by atoms with Crippen LogP contribution in [-0.4, -0.2) is 39.2 Å². The van der Waals surface area contributed by atoms with E-state index in [1.807, 2.05) is 26.0 Å². The van der Waals surface area contributed by atoms with Crippen molar-refractivity contribution in [1.82, 2.24) is 20.2 Å². The van der Waals surface area contributed by atoms with Crippen LogP contribution in [-0.2, 0) is 0 Å². The van der Waals surface area contributed by atoms with Gasteiger partial charge in [-0.05, 0) is 69.0 Å². The molecule has 0 aromatic carbocycles. The molecule has 3 aromatic heterocycles. The summed E-state index contributed by atoms with van der Waals surface area (Å²) in [5, 5.41) is 15.1. The molecule has 3 heterocycles. The van der Waals surface area contributed by atoms with Crippen LogP contribution in [0.4, 0.5) is 5.82 Å². The zero-order valence-corrected chi connectivity index (χ0v) is 21.4. The number of carbonyl (C=O) groups is 1. The summed E-state index contributed by atoms with van der Waals surface area (Å²) in [4.78, 5) is 19.9. The van der Waals surface area contributed by atoms with Crippen molar-refractivity contribution in [3.63, 3.8) is 0 Å². The van der Waals surface area contributed by atoms with Crippen LogP contribution in [0.2, 0.25) is 0 Å². The Morgan fingerprint density at radius 1 is 1.06 bits per heavy atom. The second-order valence-electron chi connectivity index (χ2n) is 6.63. The molecule has 0 bridgehead atoms. The third-order valence-corrected chi connectivity index (χ3v) is 5.12. The lowest BCUT2D eigenvalue weighted by Crippen LogP contribution is -2.04. The molecule has 0 aliphatic heterocycles. The molecule has 3 aromatic rings. The standard InChI is InChI=1S/C11H13BrN4O.C11H11BrN2O2/c1-2-5-17-11-7(12)3-4-8(14-11)9-6-10(13)16-15-9;1-2-7-16-11-8(12)3-4-9(14-11)10(15)5-6-13/h3-4,6H,2,5H2,1H3,(H3,13,15,16);3-4H,2,5,7H2,1H3. The largest absolute Gasteiger partial charge is 0.477 e. The Bertz CT molecular complexity index is 1110. The average molecular weight is 580 g/mol. The van der Waals surface area contributed by atoms with Gasteiger partial charge in [0.1, 0.15) is 17.9 Å². The minimum absolute atomic E-state index is 0.165. The van der Waals surface area contributed by atoms with Gasteiger partial charge in [-0.3, -0.25) is 9.89 Å². The summed E-state index contributed by atoms with van der Waals surface area (Å²) in [6, 6.07) is 10.6. The Morgan fingerprint density at radius 2 is 1.67 bits per heavy atom. The molecule has 0 spiro atoms. The first-order valence-corrected chi connectivity index (χ1v) is 11.8. The fourth-order valence-corrected chi connectivity index (χ4v) is 3.05. The Balaban J connectivity index is 0.000000234. The topological polar surface area (TPSA) is 140 Å². The van der Waals surface area contributed by atoms with E-state index in [4.69, 9.17) is 20.5 Å². The molecular formula is C22H24Br2N6O3. The summed E-state index contributed by atoms with van der Waals surface area (Å²) < 4.78 is 12.4. The molecule has 0 radical (unpaired) electrons. The maximum absolute atomic E-state index is 11.4. The Morgan fingerprint density at radius 3 is 2.21 bits per heavy atom. The zero-order valence-electron chi connectivity index (χ0n) is 18.3. The van der Waals surface area contributed by atoms with Crippen molar-refractivity contribution in [2.24, 2.45) is 0 Å². The van der Waals surface area contributed by atoms with Gasteiger partial charge in [-0.2, -0.15) is 10.4 Å². The van der Waals surface area contributed by atoms with Crippen LogP contribution in [0.15, 0.2) is 39.3 Å². The van der Waals surface area contributed by atoms with Gasteiger partial charge in [0.15, 0.2) is 5.78 Å². The third kappa shape index (κ3) is 8.14. The fraction of sp³-hybridized carbons (Fsp3) is 0.318. The number of aromatic nitrogens is 4. The smallest absolute Gasteiger partial charge is 0.228 e. The van der Waals surface area contributed by atoms with Crippen molar-refractivity contribution in [2.75, 3.05) is 18.9 Å². The molecular weight excluding hydrogens is 556 g/mol. The van der Waals surface area contributed by atoms with Crippen LogP contribution < -0.4 is 15.2 Å². The minimum atomic E-state index is -0.295. The van der Waals surface area contributed by atoms with Crippen LogP contribution in [0.1, 0.15) is 43.6 Å². The van der Waals surface area contributed by atoms with Crippen LogP contribution in [0.3, 0.4) is 0 Å². The van der Waals surface area contributed by atoms with Gasteiger partial charge in [-0.1, -0.05) is 13.8 Å². The highest BCUT2D eigenvalue weighted by molar-refractivity contribution is 9.10. The molecule has 0 atom stereocenters. The number of nitrogens with two attached hydrogens (primary N) is 1. The second kappa shape index (κ2) is 13.5. The first-order valence-electron chi connectivity index (χ1n) is 10.2. The average Bonchev–Trinajstić information content (AvgIpc) is 3.25. The number of aromatic amines is 1. The molecule has 0 fully saturated rings. The molecule has 0 saturated heterocycles. The zero-order chi connectivity index (χ0) is 24.2. The molecule has 0 amide bonds. The van der Waals surface area contributed by atoms with E-state index in [0.717, 1.165) is 28.7 Å². The first-order chi connectivity index (χ1) is 15.9. The molecule has 0 unspecified atom stereocenters. The Labute approximate surface area is 209 Å². The molecule has 0 aliphatic carbocycles. The van der Waals surface area contributed by atoms with Crippen molar-refractivity contribution in [2.45, 2.75) is 33.1 Å². The number of H-pyrrole nitrogens is 1. The van der Waals surface area contributed by atoms with Crippen molar-refractivity contribution in [3.8, 4) is 29.2 Å². The second-order valence-corrected chi connectivity index (χ2v) is 8.34. The van der Waals surface area contributed by atoms with Gasteiger partial charge >= 0.3 is 0 Å². The summed E-state index contributed by atoms with van der Waals surface area (Å²) in [5.41, 5.74) is 7.34. The van der Waals surface area contributed by atoms with Crippen LogP contribution in [0, 0.1) is 11.3 Å². The van der Waals surface area contributed by atoms with Crippen LogP contribution in [0.25, 0.3) is 11.4 Å². The Hall–Kier alpha value is -2.97. The van der Waals surface area contributed by atoms with E-state index >= 15 is 0 Å². The number of nitrogens with one attached hydrogen (secondary N) is 1. The number of nitrogens with zero attached hydrogens (tertiary/aromatic N) is 4. The van der Waals surface area contributed by atoms with Crippen molar-refractivity contribution in [3.05, 3.63) is 45.0 Å². The fourth-order valence-electron chi connectivity index (χ4n) is 2.38. The van der Waals surface area contributed by atoms with Gasteiger partial charge < -0.3 is 15.2 Å². The summed E-state index contributed by atoms with van der Waals surface area (Å²) >= 11 is 6.69. The number of halogens is 2. The summed E-state index contributed by atoms with van der Waals surface area (Å²) in [6.07, 6.45) is 1.64. The number of hydrogen-bond acceptors (Lipinski definition) is 8. The van der Waals surface area contributed by atoms with E-state index in [-0.39, 0.29) is 17.9 Å². The lowest BCUT2D eigenvalue weighted by atomic mass is 10.2. The summed E-state index contributed by atoms with van der Waals surface area (Å²) in [7, 11) is 0.